The van der Waals surface area contributed by atoms with E-state index in [2.05, 4.69) is 140 Å². The van der Waals surface area contributed by atoms with Gasteiger partial charge in [0, 0.05) is 10.8 Å². The van der Waals surface area contributed by atoms with E-state index in [0.717, 1.165) is 55.3 Å². The van der Waals surface area contributed by atoms with E-state index in [-0.39, 0.29) is 6.17 Å². The fourth-order valence-electron chi connectivity index (χ4n) is 8.12. The van der Waals surface area contributed by atoms with Gasteiger partial charge in [-0.3, -0.25) is 4.99 Å². The van der Waals surface area contributed by atoms with Crippen LogP contribution in [0, 0.1) is 0 Å². The summed E-state index contributed by atoms with van der Waals surface area (Å²) in [6.07, 6.45) is -0.377. The van der Waals surface area contributed by atoms with Crippen LogP contribution in [-0.2, 0) is 0 Å². The lowest BCUT2D eigenvalue weighted by Gasteiger charge is -2.32. The number of hydrogen-bond acceptors (Lipinski definition) is 3. The first-order chi connectivity index (χ1) is 27.2. The van der Waals surface area contributed by atoms with Gasteiger partial charge in [-0.05, 0) is 108 Å². The minimum Gasteiger partial charge on any atom is -0.456 e. The van der Waals surface area contributed by atoms with Gasteiger partial charge in [-0.2, -0.15) is 0 Å². The topological polar surface area (TPSA) is 52.0 Å². The Hall–Kier alpha value is -7.30. The Morgan fingerprint density at radius 1 is 0.364 bits per heavy atom. The van der Waals surface area contributed by atoms with Gasteiger partial charge in [-0.25, -0.2) is 0 Å². The maximum absolute atomic E-state index is 6.50. The van der Waals surface area contributed by atoms with Crippen molar-refractivity contribution in [3.05, 3.63) is 210 Å². The van der Waals surface area contributed by atoms with Gasteiger partial charge in [-0.15, -0.1) is 0 Å². The lowest BCUT2D eigenvalue weighted by Crippen LogP contribution is -2.15. The van der Waals surface area contributed by atoms with Gasteiger partial charge in [-0.1, -0.05) is 157 Å². The molecular formula is C51H32N3O-. The zero-order valence-electron chi connectivity index (χ0n) is 29.7. The highest BCUT2D eigenvalue weighted by molar-refractivity contribution is 6.26. The summed E-state index contributed by atoms with van der Waals surface area (Å²) < 4.78 is 6.50. The molecule has 4 heteroatoms. The maximum atomic E-state index is 6.50. The predicted octanol–water partition coefficient (Wildman–Crippen LogP) is 13.7. The molecule has 55 heavy (non-hydrogen) atoms. The molecular weight excluding hydrogens is 671 g/mol. The molecule has 0 bridgehead atoms. The summed E-state index contributed by atoms with van der Waals surface area (Å²) in [6.45, 7) is 0. The Morgan fingerprint density at radius 2 is 0.891 bits per heavy atom. The molecule has 1 aliphatic rings. The van der Waals surface area contributed by atoms with Crippen molar-refractivity contribution in [2.45, 2.75) is 6.17 Å². The van der Waals surface area contributed by atoms with Crippen LogP contribution in [-0.4, -0.2) is 11.7 Å². The number of furan rings is 1. The number of hydrogen-bond donors (Lipinski definition) is 0. The summed E-state index contributed by atoms with van der Waals surface area (Å²) in [5.41, 5.74) is 9.13. The van der Waals surface area contributed by atoms with Crippen LogP contribution in [0.3, 0.4) is 0 Å². The smallest absolute Gasteiger partial charge is 0.136 e. The molecule has 1 unspecified atom stereocenters. The third-order valence-electron chi connectivity index (χ3n) is 10.8. The first-order valence-corrected chi connectivity index (χ1v) is 18.6. The first-order valence-electron chi connectivity index (χ1n) is 18.6. The van der Waals surface area contributed by atoms with Crippen LogP contribution in [0.1, 0.15) is 22.9 Å². The average Bonchev–Trinajstić information content (AvgIpc) is 3.64. The van der Waals surface area contributed by atoms with Gasteiger partial charge in [0.2, 0.25) is 0 Å². The molecule has 4 nitrogen and oxygen atoms in total. The fourth-order valence-corrected chi connectivity index (χ4v) is 8.12. The van der Waals surface area contributed by atoms with Crippen molar-refractivity contribution in [1.29, 1.82) is 0 Å². The number of rotatable bonds is 5. The third kappa shape index (κ3) is 5.38. The van der Waals surface area contributed by atoms with E-state index in [1.165, 1.54) is 37.9 Å². The Morgan fingerprint density at radius 3 is 1.62 bits per heavy atom. The second-order valence-electron chi connectivity index (χ2n) is 14.1. The van der Waals surface area contributed by atoms with E-state index >= 15 is 0 Å². The van der Waals surface area contributed by atoms with Crippen molar-refractivity contribution < 1.29 is 4.42 Å². The van der Waals surface area contributed by atoms with Gasteiger partial charge in [0.05, 0.1) is 12.0 Å². The van der Waals surface area contributed by atoms with E-state index in [1.807, 2.05) is 48.5 Å². The van der Waals surface area contributed by atoms with Gasteiger partial charge in [0.1, 0.15) is 11.2 Å². The second-order valence-corrected chi connectivity index (χ2v) is 14.1. The fraction of sp³-hybridized carbons (Fsp3) is 0.0196. The minimum atomic E-state index is -0.377. The lowest BCUT2D eigenvalue weighted by atomic mass is 9.92. The van der Waals surface area contributed by atoms with Crippen LogP contribution < -0.4 is 0 Å². The molecule has 0 spiro atoms. The highest BCUT2D eigenvalue weighted by Gasteiger charge is 2.16. The van der Waals surface area contributed by atoms with Crippen molar-refractivity contribution >= 4 is 65.9 Å². The van der Waals surface area contributed by atoms with Gasteiger partial charge < -0.3 is 14.7 Å². The van der Waals surface area contributed by atoms with E-state index in [4.69, 9.17) is 19.7 Å². The highest BCUT2D eigenvalue weighted by atomic mass is 16.3. The van der Waals surface area contributed by atoms with Gasteiger partial charge in [0.25, 0.3) is 0 Å². The molecule has 10 aromatic rings. The number of amidine groups is 2. The van der Waals surface area contributed by atoms with Crippen LogP contribution in [0.4, 0.5) is 0 Å². The monoisotopic (exact) mass is 702 g/mol. The minimum absolute atomic E-state index is 0.377. The summed E-state index contributed by atoms with van der Waals surface area (Å²) in [5, 5.41) is 14.8. The molecule has 0 radical (unpaired) electrons. The number of nitrogens with zero attached hydrogens (tertiary/aromatic N) is 3. The molecule has 11 rings (SSSR count). The Labute approximate surface area is 317 Å². The summed E-state index contributed by atoms with van der Waals surface area (Å²) in [7, 11) is 0. The SMILES string of the molecule is c1ccc(C2=NC(c3cccc(-c4ccc5c(c4)oc4ccc(-c6ccc7c8ccccc8c8ccccc8c7c6)cc45)c3)=NC(c3ccccc3)[N-]2)cc1. The molecule has 0 fully saturated rings. The molecule has 1 atom stereocenters. The quantitative estimate of drug-likeness (QED) is 0.165. The van der Waals surface area contributed by atoms with Crippen LogP contribution in [0.5, 0.6) is 0 Å². The zero-order valence-corrected chi connectivity index (χ0v) is 29.7. The third-order valence-corrected chi connectivity index (χ3v) is 10.8. The molecule has 0 amide bonds. The first kappa shape index (κ1) is 31.2. The van der Waals surface area contributed by atoms with Crippen molar-refractivity contribution in [1.82, 2.24) is 0 Å². The standard InChI is InChI=1S/C51H32N3O/c1-3-12-32(13-4-1)49-52-50(33-14-5-2-6-15-33)54-51(53-49)38-17-11-16-34(28-38)37-23-26-44-46-30-36(24-27-47(46)55-48(44)31-37)35-22-25-43-41-20-8-7-18-39(41)40-19-9-10-21-42(40)45(43)29-35/h1-31,49H/q-1. The molecule has 1 aromatic heterocycles. The Kier molecular flexibility index (Phi) is 7.20. The second kappa shape index (κ2) is 12.7. The van der Waals surface area contributed by atoms with Crippen molar-refractivity contribution in [3.8, 4) is 22.3 Å². The molecule has 258 valence electrons. The lowest BCUT2D eigenvalue weighted by molar-refractivity contribution is 0.669. The highest BCUT2D eigenvalue weighted by Crippen LogP contribution is 2.39. The zero-order chi connectivity index (χ0) is 36.3. The van der Waals surface area contributed by atoms with Crippen molar-refractivity contribution in [2.24, 2.45) is 9.98 Å². The largest absolute Gasteiger partial charge is 0.456 e. The molecule has 0 N–H and O–H groups in total. The van der Waals surface area contributed by atoms with Crippen molar-refractivity contribution in [3.63, 3.8) is 0 Å². The molecule has 0 aliphatic carbocycles. The molecule has 2 heterocycles. The van der Waals surface area contributed by atoms with Crippen LogP contribution in [0.2, 0.25) is 0 Å². The molecule has 9 aromatic carbocycles. The number of aliphatic imine (C=N–C) groups is 2. The maximum Gasteiger partial charge on any atom is 0.136 e. The van der Waals surface area contributed by atoms with Gasteiger partial charge in [0.15, 0.2) is 0 Å². The number of fused-ring (bicyclic) bond motifs is 9. The molecule has 1 aliphatic heterocycles. The van der Waals surface area contributed by atoms with E-state index in [0.29, 0.717) is 11.7 Å². The molecule has 0 saturated carbocycles. The van der Waals surface area contributed by atoms with Crippen molar-refractivity contribution in [2.75, 3.05) is 0 Å². The van der Waals surface area contributed by atoms with Gasteiger partial charge >= 0.3 is 0 Å². The summed E-state index contributed by atoms with van der Waals surface area (Å²) in [4.78, 5) is 10.0. The summed E-state index contributed by atoms with van der Waals surface area (Å²) in [5.74, 6) is 1.34. The molecule has 0 saturated heterocycles. The summed E-state index contributed by atoms with van der Waals surface area (Å²) >= 11 is 0. The normalized spacial score (nSPS) is 14.4. The average molecular weight is 703 g/mol. The Bertz CT molecular complexity index is 3140. The van der Waals surface area contributed by atoms with E-state index in [9.17, 15) is 0 Å². The summed E-state index contributed by atoms with van der Waals surface area (Å²) in [6, 6.07) is 66.1. The predicted molar refractivity (Wildman–Crippen MR) is 229 cm³/mol. The Balaban J connectivity index is 0.966. The van der Waals surface area contributed by atoms with Crippen LogP contribution >= 0.6 is 0 Å². The van der Waals surface area contributed by atoms with Crippen LogP contribution in [0.25, 0.3) is 81.8 Å². The van der Waals surface area contributed by atoms with E-state index < -0.39 is 0 Å². The number of benzene rings is 9. The van der Waals surface area contributed by atoms with Crippen LogP contribution in [0.15, 0.2) is 202 Å². The van der Waals surface area contributed by atoms with E-state index in [1.54, 1.807) is 0 Å².